The largest absolute Gasteiger partial charge is 0.326 e. The molecule has 0 saturated heterocycles. The van der Waals surface area contributed by atoms with Crippen molar-refractivity contribution in [3.05, 3.63) is 29.8 Å². The molecule has 7 heteroatoms. The minimum atomic E-state index is -3.46. The predicted octanol–water partition coefficient (Wildman–Crippen LogP) is 1.32. The molecule has 0 aliphatic heterocycles. The van der Waals surface area contributed by atoms with Crippen LogP contribution < -0.4 is 10.0 Å². The van der Waals surface area contributed by atoms with E-state index in [2.05, 4.69) is 10.0 Å². The summed E-state index contributed by atoms with van der Waals surface area (Å²) in [6, 6.07) is 7.07. The lowest BCUT2D eigenvalue weighted by Gasteiger charge is -2.18. The highest BCUT2D eigenvalue weighted by Gasteiger charge is 2.17. The summed E-state index contributed by atoms with van der Waals surface area (Å²) in [4.78, 5) is 11.0. The van der Waals surface area contributed by atoms with Crippen LogP contribution in [-0.4, -0.2) is 31.7 Å². The number of nitrogens with zero attached hydrogens (tertiary/aromatic N) is 1. The van der Waals surface area contributed by atoms with E-state index < -0.39 is 10.2 Å². The van der Waals surface area contributed by atoms with Gasteiger partial charge in [0.1, 0.15) is 0 Å². The van der Waals surface area contributed by atoms with Crippen LogP contribution >= 0.6 is 0 Å². The predicted molar refractivity (Wildman–Crippen MR) is 79.4 cm³/mol. The first-order chi connectivity index (χ1) is 9.39. The van der Waals surface area contributed by atoms with Gasteiger partial charge in [0, 0.05) is 32.2 Å². The second kappa shape index (κ2) is 7.37. The summed E-state index contributed by atoms with van der Waals surface area (Å²) in [6.45, 7) is 6.05. The van der Waals surface area contributed by atoms with Gasteiger partial charge in [0.15, 0.2) is 0 Å². The average molecular weight is 299 g/mol. The number of amides is 1. The second-order valence-corrected chi connectivity index (χ2v) is 6.05. The Bertz CT molecular complexity index is 554. The summed E-state index contributed by atoms with van der Waals surface area (Å²) in [5.41, 5.74) is 1.43. The van der Waals surface area contributed by atoms with Crippen molar-refractivity contribution in [2.45, 2.75) is 27.3 Å². The Morgan fingerprint density at radius 2 is 1.90 bits per heavy atom. The zero-order valence-electron chi connectivity index (χ0n) is 12.0. The van der Waals surface area contributed by atoms with Gasteiger partial charge in [-0.2, -0.15) is 17.4 Å². The molecule has 0 aliphatic carbocycles. The summed E-state index contributed by atoms with van der Waals surface area (Å²) >= 11 is 0. The highest BCUT2D eigenvalue weighted by atomic mass is 32.2. The molecule has 0 fully saturated rings. The highest BCUT2D eigenvalue weighted by molar-refractivity contribution is 7.87. The van der Waals surface area contributed by atoms with Crippen molar-refractivity contribution in [2.75, 3.05) is 18.4 Å². The van der Waals surface area contributed by atoms with Crippen molar-refractivity contribution in [3.8, 4) is 0 Å². The lowest BCUT2D eigenvalue weighted by atomic mass is 10.2. The molecule has 2 N–H and O–H groups in total. The standard InChI is InChI=1S/C13H21N3O3S/c1-4-16(5-2)20(18,19)14-10-12-7-6-8-13(9-12)15-11(3)17/h6-9,14H,4-5,10H2,1-3H3,(H,15,17). The lowest BCUT2D eigenvalue weighted by Crippen LogP contribution is -2.40. The average Bonchev–Trinajstić information content (AvgIpc) is 2.37. The molecule has 0 bridgehead atoms. The molecule has 20 heavy (non-hydrogen) atoms. The Hall–Kier alpha value is -1.44. The summed E-state index contributed by atoms with van der Waals surface area (Å²) in [7, 11) is -3.46. The molecule has 1 amide bonds. The fraction of sp³-hybridized carbons (Fsp3) is 0.462. The summed E-state index contributed by atoms with van der Waals surface area (Å²) in [5, 5.41) is 2.66. The van der Waals surface area contributed by atoms with Crippen LogP contribution in [0.2, 0.25) is 0 Å². The van der Waals surface area contributed by atoms with Gasteiger partial charge in [-0.05, 0) is 17.7 Å². The normalized spacial score (nSPS) is 11.6. The van der Waals surface area contributed by atoms with Crippen LogP contribution in [0.25, 0.3) is 0 Å². The van der Waals surface area contributed by atoms with Gasteiger partial charge in [-0.3, -0.25) is 4.79 Å². The monoisotopic (exact) mass is 299 g/mol. The molecular formula is C13H21N3O3S. The summed E-state index contributed by atoms with van der Waals surface area (Å²) in [5.74, 6) is -0.161. The Morgan fingerprint density at radius 3 is 2.45 bits per heavy atom. The highest BCUT2D eigenvalue weighted by Crippen LogP contribution is 2.11. The van der Waals surface area contributed by atoms with Crippen molar-refractivity contribution in [2.24, 2.45) is 0 Å². The van der Waals surface area contributed by atoms with Crippen molar-refractivity contribution in [1.82, 2.24) is 9.03 Å². The number of rotatable bonds is 7. The van der Waals surface area contributed by atoms with Crippen LogP contribution in [0.5, 0.6) is 0 Å². The molecule has 6 nitrogen and oxygen atoms in total. The van der Waals surface area contributed by atoms with Crippen molar-refractivity contribution in [1.29, 1.82) is 0 Å². The number of hydrogen-bond donors (Lipinski definition) is 2. The van der Waals surface area contributed by atoms with E-state index in [1.165, 1.54) is 11.2 Å². The maximum atomic E-state index is 12.0. The minimum absolute atomic E-state index is 0.161. The van der Waals surface area contributed by atoms with E-state index in [1.807, 2.05) is 0 Å². The summed E-state index contributed by atoms with van der Waals surface area (Å²) in [6.07, 6.45) is 0. The molecule has 1 rings (SSSR count). The smallest absolute Gasteiger partial charge is 0.279 e. The van der Waals surface area contributed by atoms with Crippen LogP contribution in [0.4, 0.5) is 5.69 Å². The van der Waals surface area contributed by atoms with E-state index >= 15 is 0 Å². The van der Waals surface area contributed by atoms with Crippen LogP contribution in [0.15, 0.2) is 24.3 Å². The first-order valence-corrected chi connectivity index (χ1v) is 7.94. The molecule has 1 aromatic carbocycles. The number of hydrogen-bond acceptors (Lipinski definition) is 3. The van der Waals surface area contributed by atoms with Crippen LogP contribution in [0.1, 0.15) is 26.3 Å². The molecule has 1 aromatic rings. The molecule has 0 aromatic heterocycles. The molecule has 0 unspecified atom stereocenters. The van der Waals surface area contributed by atoms with Crippen LogP contribution in [0, 0.1) is 0 Å². The maximum absolute atomic E-state index is 12.0. The molecular weight excluding hydrogens is 278 g/mol. The Labute approximate surface area is 120 Å². The molecule has 112 valence electrons. The van der Waals surface area contributed by atoms with Crippen molar-refractivity contribution < 1.29 is 13.2 Å². The topological polar surface area (TPSA) is 78.5 Å². The number of nitrogens with one attached hydrogen (secondary N) is 2. The van der Waals surface area contributed by atoms with E-state index in [0.717, 1.165) is 5.56 Å². The molecule has 0 heterocycles. The SMILES string of the molecule is CCN(CC)S(=O)(=O)NCc1cccc(NC(C)=O)c1. The van der Waals surface area contributed by atoms with Crippen molar-refractivity contribution >= 4 is 21.8 Å². The van der Waals surface area contributed by atoms with Gasteiger partial charge >= 0.3 is 0 Å². The van der Waals surface area contributed by atoms with Gasteiger partial charge in [-0.1, -0.05) is 26.0 Å². The summed E-state index contributed by atoms with van der Waals surface area (Å²) < 4.78 is 27.8. The maximum Gasteiger partial charge on any atom is 0.279 e. The quantitative estimate of drug-likeness (QED) is 0.797. The zero-order valence-corrected chi connectivity index (χ0v) is 12.8. The van der Waals surface area contributed by atoms with Gasteiger partial charge in [0.05, 0.1) is 0 Å². The van der Waals surface area contributed by atoms with Gasteiger partial charge in [-0.25, -0.2) is 0 Å². The van der Waals surface area contributed by atoms with E-state index in [0.29, 0.717) is 18.8 Å². The number of carbonyl (C=O) groups excluding carboxylic acids is 1. The van der Waals surface area contributed by atoms with Crippen LogP contribution in [-0.2, 0) is 21.5 Å². The third-order valence-electron chi connectivity index (χ3n) is 2.75. The number of carbonyl (C=O) groups is 1. The number of benzene rings is 1. The Morgan fingerprint density at radius 1 is 1.25 bits per heavy atom. The van der Waals surface area contributed by atoms with E-state index in [1.54, 1.807) is 38.1 Å². The fourth-order valence-corrected chi connectivity index (χ4v) is 3.00. The van der Waals surface area contributed by atoms with E-state index in [-0.39, 0.29) is 12.5 Å². The molecule has 0 aliphatic rings. The first kappa shape index (κ1) is 16.6. The zero-order chi connectivity index (χ0) is 15.2. The molecule has 0 radical (unpaired) electrons. The Kier molecular flexibility index (Phi) is 6.12. The molecule has 0 spiro atoms. The van der Waals surface area contributed by atoms with Crippen LogP contribution in [0.3, 0.4) is 0 Å². The van der Waals surface area contributed by atoms with Gasteiger partial charge in [0.25, 0.3) is 10.2 Å². The fourth-order valence-electron chi connectivity index (χ4n) is 1.79. The Balaban J connectivity index is 2.72. The first-order valence-electron chi connectivity index (χ1n) is 6.50. The lowest BCUT2D eigenvalue weighted by molar-refractivity contribution is -0.114. The van der Waals surface area contributed by atoms with E-state index in [9.17, 15) is 13.2 Å². The third kappa shape index (κ3) is 4.92. The van der Waals surface area contributed by atoms with Gasteiger partial charge < -0.3 is 5.32 Å². The molecule has 0 atom stereocenters. The number of anilines is 1. The van der Waals surface area contributed by atoms with E-state index in [4.69, 9.17) is 0 Å². The van der Waals surface area contributed by atoms with Gasteiger partial charge in [0.2, 0.25) is 5.91 Å². The molecule has 0 saturated carbocycles. The van der Waals surface area contributed by atoms with Crippen molar-refractivity contribution in [3.63, 3.8) is 0 Å². The minimum Gasteiger partial charge on any atom is -0.326 e. The van der Waals surface area contributed by atoms with Gasteiger partial charge in [-0.15, -0.1) is 0 Å². The third-order valence-corrected chi connectivity index (χ3v) is 4.46. The second-order valence-electron chi connectivity index (χ2n) is 4.29.